The number of primary amides is 1. The minimum atomic E-state index is -4.80. The summed E-state index contributed by atoms with van der Waals surface area (Å²) in [7, 11) is 1.28. The van der Waals surface area contributed by atoms with Gasteiger partial charge in [0.15, 0.2) is 17.7 Å². The van der Waals surface area contributed by atoms with Gasteiger partial charge in [-0.1, -0.05) is 11.6 Å². The lowest BCUT2D eigenvalue weighted by Gasteiger charge is -2.20. The van der Waals surface area contributed by atoms with Crippen LogP contribution in [0.3, 0.4) is 0 Å². The summed E-state index contributed by atoms with van der Waals surface area (Å²) in [4.78, 5) is 27.6. The number of amides is 2. The topological polar surface area (TPSA) is 113 Å². The highest BCUT2D eigenvalue weighted by Crippen LogP contribution is 2.35. The van der Waals surface area contributed by atoms with Crippen LogP contribution >= 0.6 is 11.6 Å². The number of alkyl halides is 3. The number of nitrogens with two attached hydrogens (primary N) is 1. The second-order valence-electron chi connectivity index (χ2n) is 6.10. The van der Waals surface area contributed by atoms with E-state index in [1.54, 1.807) is 6.92 Å². The van der Waals surface area contributed by atoms with Crippen LogP contribution in [-0.2, 0) is 0 Å². The van der Waals surface area contributed by atoms with Gasteiger partial charge < -0.3 is 25.3 Å². The molecule has 168 valence electrons. The summed E-state index contributed by atoms with van der Waals surface area (Å²) in [5.74, 6) is -3.87. The van der Waals surface area contributed by atoms with Gasteiger partial charge >= 0.3 is 12.3 Å². The second kappa shape index (κ2) is 9.25. The van der Waals surface area contributed by atoms with Crippen molar-refractivity contribution in [2.75, 3.05) is 12.4 Å². The van der Waals surface area contributed by atoms with E-state index in [-0.39, 0.29) is 16.6 Å². The number of pyridine rings is 1. The Morgan fingerprint density at radius 2 is 1.90 bits per heavy atom. The van der Waals surface area contributed by atoms with Crippen LogP contribution in [0.4, 0.5) is 28.0 Å². The predicted octanol–water partition coefficient (Wildman–Crippen LogP) is 4.23. The van der Waals surface area contributed by atoms with E-state index in [0.717, 1.165) is 0 Å². The number of ether oxygens (including phenoxy) is 3. The molecule has 2 rings (SSSR count). The van der Waals surface area contributed by atoms with Gasteiger partial charge in [-0.15, -0.1) is 0 Å². The van der Waals surface area contributed by atoms with E-state index in [9.17, 15) is 27.2 Å². The van der Waals surface area contributed by atoms with Crippen LogP contribution < -0.4 is 25.3 Å². The summed E-state index contributed by atoms with van der Waals surface area (Å²) in [5, 5.41) is 2.27. The van der Waals surface area contributed by atoms with E-state index in [1.165, 1.54) is 13.3 Å². The van der Waals surface area contributed by atoms with Crippen LogP contribution in [0.15, 0.2) is 18.3 Å². The van der Waals surface area contributed by atoms with Crippen LogP contribution in [0, 0.1) is 12.7 Å². The second-order valence-corrected chi connectivity index (χ2v) is 6.47. The molecule has 0 aliphatic carbocycles. The van der Waals surface area contributed by atoms with Crippen molar-refractivity contribution in [1.82, 2.24) is 4.98 Å². The number of methoxy groups -OCH3 is 1. The van der Waals surface area contributed by atoms with Crippen LogP contribution in [-0.4, -0.2) is 36.4 Å². The Morgan fingerprint density at radius 3 is 2.45 bits per heavy atom. The lowest BCUT2D eigenvalue weighted by Crippen LogP contribution is -2.32. The molecule has 0 saturated carbocycles. The highest BCUT2D eigenvalue weighted by Gasteiger charge is 2.39. The standard InChI is InChI=1S/C18H16ClF4N3O5/c1-7-6-25-16(29-3)13(19)14(7)26-15(27)9-4-10(20)12(31-17(24)28)5-11(9)30-8(2)18(21,22)23/h4-6,8H,1-3H3,(H2,24,28)(H,25,26,27). The zero-order valence-corrected chi connectivity index (χ0v) is 17.0. The maximum Gasteiger partial charge on any atom is 0.425 e. The van der Waals surface area contributed by atoms with Crippen molar-refractivity contribution in [2.45, 2.75) is 26.1 Å². The van der Waals surface area contributed by atoms with E-state index in [2.05, 4.69) is 15.0 Å². The Labute approximate surface area is 178 Å². The number of nitrogens with zero attached hydrogens (tertiary/aromatic N) is 1. The molecular weight excluding hydrogens is 450 g/mol. The number of anilines is 1. The van der Waals surface area contributed by atoms with Gasteiger partial charge in [0.2, 0.25) is 5.88 Å². The van der Waals surface area contributed by atoms with Gasteiger partial charge in [0.05, 0.1) is 18.4 Å². The smallest absolute Gasteiger partial charge is 0.425 e. The summed E-state index contributed by atoms with van der Waals surface area (Å²) in [5.41, 5.74) is 4.61. The fourth-order valence-corrected chi connectivity index (χ4v) is 2.61. The van der Waals surface area contributed by atoms with Gasteiger partial charge in [-0.2, -0.15) is 13.2 Å². The number of carbonyl (C=O) groups is 2. The quantitative estimate of drug-likeness (QED) is 0.617. The Bertz CT molecular complexity index is 1020. The van der Waals surface area contributed by atoms with Gasteiger partial charge in [0.1, 0.15) is 10.8 Å². The first-order valence-electron chi connectivity index (χ1n) is 8.39. The molecule has 0 bridgehead atoms. The average Bonchev–Trinajstić information content (AvgIpc) is 2.66. The van der Waals surface area contributed by atoms with Crippen molar-refractivity contribution in [3.05, 3.63) is 40.3 Å². The molecule has 0 saturated heterocycles. The average molecular weight is 466 g/mol. The van der Waals surface area contributed by atoms with Crippen LogP contribution in [0.5, 0.6) is 17.4 Å². The number of carbonyl (C=O) groups excluding carboxylic acids is 2. The summed E-state index contributed by atoms with van der Waals surface area (Å²) in [6, 6.07) is 1.15. The molecule has 3 N–H and O–H groups in total. The maximum absolute atomic E-state index is 14.3. The predicted molar refractivity (Wildman–Crippen MR) is 101 cm³/mol. The van der Waals surface area contributed by atoms with E-state index in [4.69, 9.17) is 26.8 Å². The molecule has 1 atom stereocenters. The Kier molecular flexibility index (Phi) is 7.16. The molecule has 1 heterocycles. The van der Waals surface area contributed by atoms with Crippen molar-refractivity contribution < 1.29 is 41.4 Å². The van der Waals surface area contributed by atoms with Crippen molar-refractivity contribution in [3.63, 3.8) is 0 Å². The molecule has 0 fully saturated rings. The minimum absolute atomic E-state index is 0.0267. The first-order chi connectivity index (χ1) is 14.3. The molecular formula is C18H16ClF4N3O5. The fourth-order valence-electron chi connectivity index (χ4n) is 2.29. The molecule has 8 nitrogen and oxygen atoms in total. The number of halogens is 5. The lowest BCUT2D eigenvalue weighted by atomic mass is 10.1. The van der Waals surface area contributed by atoms with Crippen LogP contribution in [0.2, 0.25) is 5.02 Å². The van der Waals surface area contributed by atoms with Crippen LogP contribution in [0.25, 0.3) is 0 Å². The molecule has 2 amide bonds. The number of hydrogen-bond donors (Lipinski definition) is 2. The molecule has 1 unspecified atom stereocenters. The SMILES string of the molecule is COc1ncc(C)c(NC(=O)c2cc(F)c(OC(N)=O)cc2OC(C)C(F)(F)F)c1Cl. The number of rotatable bonds is 6. The minimum Gasteiger partial charge on any atom is -0.480 e. The van der Waals surface area contributed by atoms with Gasteiger partial charge in [0, 0.05) is 12.3 Å². The molecule has 2 aromatic rings. The van der Waals surface area contributed by atoms with Crippen molar-refractivity contribution in [2.24, 2.45) is 5.73 Å². The normalized spacial score (nSPS) is 12.1. The molecule has 0 spiro atoms. The van der Waals surface area contributed by atoms with Crippen molar-refractivity contribution in [3.8, 4) is 17.4 Å². The van der Waals surface area contributed by atoms with Gasteiger partial charge in [-0.05, 0) is 25.5 Å². The monoisotopic (exact) mass is 465 g/mol. The number of hydrogen-bond acceptors (Lipinski definition) is 6. The number of aryl methyl sites for hydroxylation is 1. The summed E-state index contributed by atoms with van der Waals surface area (Å²) in [6.07, 6.45) is -7.27. The molecule has 0 aliphatic rings. The maximum atomic E-state index is 14.3. The third-order valence-electron chi connectivity index (χ3n) is 3.86. The first-order valence-corrected chi connectivity index (χ1v) is 8.77. The first kappa shape index (κ1) is 24.0. The molecule has 13 heteroatoms. The third kappa shape index (κ3) is 5.66. The number of benzene rings is 1. The molecule has 0 aliphatic heterocycles. The van der Waals surface area contributed by atoms with Gasteiger partial charge in [-0.25, -0.2) is 14.2 Å². The van der Waals surface area contributed by atoms with E-state index in [0.29, 0.717) is 24.6 Å². The van der Waals surface area contributed by atoms with Crippen molar-refractivity contribution >= 4 is 29.3 Å². The zero-order chi connectivity index (χ0) is 23.5. The lowest BCUT2D eigenvalue weighted by molar-refractivity contribution is -0.189. The molecule has 0 radical (unpaired) electrons. The van der Waals surface area contributed by atoms with E-state index >= 15 is 0 Å². The highest BCUT2D eigenvalue weighted by molar-refractivity contribution is 6.35. The number of aromatic nitrogens is 1. The van der Waals surface area contributed by atoms with Crippen LogP contribution in [0.1, 0.15) is 22.8 Å². The third-order valence-corrected chi connectivity index (χ3v) is 4.21. The summed E-state index contributed by atoms with van der Waals surface area (Å²) >= 11 is 6.12. The van der Waals surface area contributed by atoms with E-state index in [1.807, 2.05) is 0 Å². The zero-order valence-electron chi connectivity index (χ0n) is 16.3. The Hall–Kier alpha value is -3.28. The molecule has 1 aromatic heterocycles. The largest absolute Gasteiger partial charge is 0.480 e. The number of nitrogens with one attached hydrogen (secondary N) is 1. The fraction of sp³-hybridized carbons (Fsp3) is 0.278. The summed E-state index contributed by atoms with van der Waals surface area (Å²) in [6.45, 7) is 2.22. The Balaban J connectivity index is 2.52. The van der Waals surface area contributed by atoms with E-state index < -0.39 is 47.2 Å². The molecule has 31 heavy (non-hydrogen) atoms. The van der Waals surface area contributed by atoms with Gasteiger partial charge in [0.25, 0.3) is 5.91 Å². The van der Waals surface area contributed by atoms with Gasteiger partial charge in [-0.3, -0.25) is 4.79 Å². The summed E-state index contributed by atoms with van der Waals surface area (Å²) < 4.78 is 67.3. The Morgan fingerprint density at radius 1 is 1.26 bits per heavy atom. The van der Waals surface area contributed by atoms with Crippen molar-refractivity contribution in [1.29, 1.82) is 0 Å². The highest BCUT2D eigenvalue weighted by atomic mass is 35.5. The molecule has 1 aromatic carbocycles.